The third kappa shape index (κ3) is 8.59. The summed E-state index contributed by atoms with van der Waals surface area (Å²) in [6.45, 7) is -0.471. The van der Waals surface area contributed by atoms with Crippen LogP contribution in [0.3, 0.4) is 0 Å². The molecule has 0 aliphatic carbocycles. The molecule has 0 bridgehead atoms. The third-order valence-electron chi connectivity index (χ3n) is 0.405. The van der Waals surface area contributed by atoms with Crippen LogP contribution in [-0.2, 0) is 4.52 Å². The molecule has 9 heteroatoms. The van der Waals surface area contributed by atoms with Crippen LogP contribution < -0.4 is 0 Å². The molecule has 10 heavy (non-hydrogen) atoms. The molecule has 0 rings (SSSR count). The van der Waals surface area contributed by atoms with Crippen molar-refractivity contribution in [3.63, 3.8) is 0 Å². The summed E-state index contributed by atoms with van der Waals surface area (Å²) in [5.74, 6) is 0. The first-order valence-electron chi connectivity index (χ1n) is 2.01. The summed E-state index contributed by atoms with van der Waals surface area (Å²) >= 11 is 0. The molecule has 0 aromatic heterocycles. The van der Waals surface area contributed by atoms with E-state index in [1.165, 1.54) is 37.8 Å². The molecule has 0 aliphatic rings. The Kier molecular flexibility index (Phi) is 12.0. The standard InChI is InChI=1S/CH4OP8/c1-2-10(4)9-8-7-6-5-3/h3H,1H3. The summed E-state index contributed by atoms with van der Waals surface area (Å²) < 4.78 is 5.02. The predicted octanol–water partition coefficient (Wildman–Crippen LogP) is 6.72. The molecule has 0 amide bonds. The number of hydrogen-bond donors (Lipinski definition) is 0. The van der Waals surface area contributed by atoms with E-state index in [2.05, 4.69) is 16.9 Å². The second-order valence-electron chi connectivity index (χ2n) is 0.893. The summed E-state index contributed by atoms with van der Waals surface area (Å²) in [7, 11) is 16.1. The Hall–Kier alpha value is 2.49. The molecule has 0 aromatic rings. The Balaban J connectivity index is 3.69. The minimum absolute atomic E-state index is 0.471. The second-order valence-corrected chi connectivity index (χ2v) is 16.8. The molecule has 0 saturated heterocycles. The number of rotatable bonds is 2. The van der Waals surface area contributed by atoms with E-state index in [1.54, 1.807) is 7.11 Å². The van der Waals surface area contributed by atoms with Crippen molar-refractivity contribution in [2.75, 3.05) is 7.11 Å². The van der Waals surface area contributed by atoms with E-state index < -0.39 is 6.94 Å². The van der Waals surface area contributed by atoms with E-state index in [0.717, 1.165) is 0 Å². The maximum absolute atomic E-state index is 5.02. The van der Waals surface area contributed by atoms with Crippen molar-refractivity contribution in [2.45, 2.75) is 0 Å². The van der Waals surface area contributed by atoms with Crippen molar-refractivity contribution in [1.29, 1.82) is 0 Å². The van der Waals surface area contributed by atoms with Crippen molar-refractivity contribution in [3.05, 3.63) is 0 Å². The fourth-order valence-corrected chi connectivity index (χ4v) is 20.2. The van der Waals surface area contributed by atoms with Gasteiger partial charge in [0, 0.05) is 0 Å². The SMILES string of the molecule is COP(#P)P=PP=PP=P. The van der Waals surface area contributed by atoms with E-state index in [1.807, 2.05) is 0 Å². The van der Waals surface area contributed by atoms with Gasteiger partial charge >= 0.3 is 73.2 Å². The first-order valence-corrected chi connectivity index (χ1v) is 13.8. The van der Waals surface area contributed by atoms with Gasteiger partial charge in [-0.15, -0.1) is 0 Å². The van der Waals surface area contributed by atoms with Crippen LogP contribution >= 0.6 is 61.6 Å². The van der Waals surface area contributed by atoms with Crippen LogP contribution in [0.15, 0.2) is 0 Å². The van der Waals surface area contributed by atoms with E-state index >= 15 is 0 Å². The monoisotopic (exact) mass is 280 g/mol. The Morgan fingerprint density at radius 2 is 2.10 bits per heavy atom. The van der Waals surface area contributed by atoms with Crippen molar-refractivity contribution >= 4 is 61.6 Å². The first kappa shape index (κ1) is 12.5. The summed E-state index contributed by atoms with van der Waals surface area (Å²) in [4.78, 5) is 0. The number of hydrogen-bond acceptors (Lipinski definition) is 1. The Bertz CT molecular complexity index is 205. The third-order valence-corrected chi connectivity index (χ3v) is 19.0. The van der Waals surface area contributed by atoms with E-state index in [-0.39, 0.29) is 0 Å². The van der Waals surface area contributed by atoms with Gasteiger partial charge in [-0.05, 0) is 0 Å². The van der Waals surface area contributed by atoms with Gasteiger partial charge < -0.3 is 0 Å². The summed E-state index contributed by atoms with van der Waals surface area (Å²) in [6, 6.07) is 0. The van der Waals surface area contributed by atoms with E-state index in [0.29, 0.717) is 0 Å². The van der Waals surface area contributed by atoms with Crippen LogP contribution in [0, 0.1) is 0 Å². The molecule has 0 radical (unpaired) electrons. The van der Waals surface area contributed by atoms with Gasteiger partial charge in [-0.25, -0.2) is 0 Å². The molecule has 0 aliphatic heterocycles. The molecule has 54 valence electrons. The van der Waals surface area contributed by atoms with Crippen molar-refractivity contribution in [2.24, 2.45) is 0 Å². The fraction of sp³-hybridized carbons (Fsp3) is 1.00. The zero-order chi connectivity index (χ0) is 7.82. The average molecular weight is 280 g/mol. The molecule has 1 atom stereocenters. The van der Waals surface area contributed by atoms with Crippen LogP contribution in [0.1, 0.15) is 0 Å². The predicted molar refractivity (Wildman–Crippen MR) is 63.8 cm³/mol. The Labute approximate surface area is 73.4 Å². The van der Waals surface area contributed by atoms with Crippen LogP contribution in [0.5, 0.6) is 0 Å². The summed E-state index contributed by atoms with van der Waals surface area (Å²) in [5, 5.41) is 0. The van der Waals surface area contributed by atoms with Gasteiger partial charge in [0.25, 0.3) is 0 Å². The quantitative estimate of drug-likeness (QED) is 0.510. The van der Waals surface area contributed by atoms with Gasteiger partial charge in [0.2, 0.25) is 0 Å². The first-order chi connectivity index (χ1) is 4.81. The average Bonchev–Trinajstić information content (AvgIpc) is 1.98. The second kappa shape index (κ2) is 9.58. The Morgan fingerprint density at radius 1 is 1.40 bits per heavy atom. The van der Waals surface area contributed by atoms with Gasteiger partial charge in [-0.2, -0.15) is 0 Å². The van der Waals surface area contributed by atoms with Gasteiger partial charge in [0.15, 0.2) is 0 Å². The van der Waals surface area contributed by atoms with Gasteiger partial charge in [-0.3, -0.25) is 0 Å². The van der Waals surface area contributed by atoms with Crippen LogP contribution in [-0.4, -0.2) is 7.11 Å². The molecular formula is CH4OP8. The molecule has 0 spiro atoms. The molecule has 0 N–H and O–H groups in total. The van der Waals surface area contributed by atoms with Gasteiger partial charge in [-0.1, -0.05) is 0 Å². The van der Waals surface area contributed by atoms with Crippen LogP contribution in [0.2, 0.25) is 0 Å². The fourth-order valence-electron chi connectivity index (χ4n) is 0.127. The van der Waals surface area contributed by atoms with Crippen molar-refractivity contribution < 1.29 is 4.52 Å². The zero-order valence-corrected chi connectivity index (χ0v) is 12.3. The van der Waals surface area contributed by atoms with Gasteiger partial charge in [0.1, 0.15) is 0 Å². The van der Waals surface area contributed by atoms with Crippen LogP contribution in [0.4, 0.5) is 0 Å². The summed E-state index contributed by atoms with van der Waals surface area (Å²) in [6.07, 6.45) is 0. The topological polar surface area (TPSA) is 9.23 Å². The normalized spacial score (nSPS) is 13.4. The molecule has 1 unspecified atom stereocenters. The summed E-state index contributed by atoms with van der Waals surface area (Å²) in [5.41, 5.74) is 0. The maximum atomic E-state index is 5.02. The molecule has 0 aromatic carbocycles. The Morgan fingerprint density at radius 3 is 2.60 bits per heavy atom. The molecule has 1 nitrogen and oxygen atoms in total. The van der Waals surface area contributed by atoms with E-state index in [4.69, 9.17) is 4.52 Å². The van der Waals surface area contributed by atoms with Crippen molar-refractivity contribution in [1.82, 2.24) is 0 Å². The van der Waals surface area contributed by atoms with E-state index in [9.17, 15) is 0 Å². The van der Waals surface area contributed by atoms with Crippen LogP contribution in [0.25, 0.3) is 0 Å². The van der Waals surface area contributed by atoms with Crippen molar-refractivity contribution in [3.8, 4) is 0 Å². The molecule has 0 heterocycles. The minimum atomic E-state index is -0.471. The molecule has 0 saturated carbocycles. The van der Waals surface area contributed by atoms with Gasteiger partial charge in [0.05, 0.1) is 0 Å². The molecular weight excluding hydrogens is 276 g/mol. The molecule has 0 fully saturated rings. The zero-order valence-electron chi connectivity index (χ0n) is 5.04.